The Bertz CT molecular complexity index is 852. The van der Waals surface area contributed by atoms with Crippen molar-refractivity contribution in [3.8, 4) is 11.5 Å². The number of ether oxygens (including phenoxy) is 2. The molecule has 1 fully saturated rings. The van der Waals surface area contributed by atoms with Crippen LogP contribution in [0.4, 0.5) is 0 Å². The minimum atomic E-state index is -0.280. The fourth-order valence-electron chi connectivity index (χ4n) is 2.54. The van der Waals surface area contributed by atoms with Crippen LogP contribution in [0.25, 0.3) is 0 Å². The number of amides is 2. The van der Waals surface area contributed by atoms with Crippen molar-refractivity contribution >= 4 is 40.1 Å². The molecule has 3 rings (SSSR count). The fraction of sp³-hybridized carbons (Fsp3) is 0.278. The normalized spacial score (nSPS) is 15.3. The van der Waals surface area contributed by atoms with Crippen LogP contribution in [0.1, 0.15) is 15.2 Å². The Morgan fingerprint density at radius 3 is 2.78 bits per heavy atom. The molecule has 2 aromatic rings. The van der Waals surface area contributed by atoms with Gasteiger partial charge in [0.05, 0.1) is 24.8 Å². The Kier molecular flexibility index (Phi) is 6.36. The zero-order valence-electron chi connectivity index (χ0n) is 14.9. The molecule has 27 heavy (non-hydrogen) atoms. The van der Waals surface area contributed by atoms with Gasteiger partial charge in [0.2, 0.25) is 5.91 Å². The number of nitrogens with zero attached hydrogens (tertiary/aromatic N) is 2. The summed E-state index contributed by atoms with van der Waals surface area (Å²) < 4.78 is 10.5. The largest absolute Gasteiger partial charge is 0.493 e. The molecule has 0 aliphatic carbocycles. The van der Waals surface area contributed by atoms with Crippen LogP contribution in [0.3, 0.4) is 0 Å². The number of amidine groups is 1. The second-order valence-corrected chi connectivity index (χ2v) is 7.48. The average molecular weight is 406 g/mol. The number of hydrogen-bond donors (Lipinski definition) is 1. The van der Waals surface area contributed by atoms with Crippen molar-refractivity contribution in [2.24, 2.45) is 5.10 Å². The van der Waals surface area contributed by atoms with Gasteiger partial charge < -0.3 is 9.47 Å². The minimum Gasteiger partial charge on any atom is -0.493 e. The van der Waals surface area contributed by atoms with Crippen LogP contribution in [0.5, 0.6) is 11.5 Å². The smallest absolute Gasteiger partial charge is 0.281 e. The molecule has 1 saturated heterocycles. The van der Waals surface area contributed by atoms with E-state index in [-0.39, 0.29) is 11.8 Å². The van der Waals surface area contributed by atoms with Gasteiger partial charge in [-0.1, -0.05) is 23.9 Å². The lowest BCUT2D eigenvalue weighted by Crippen LogP contribution is -2.33. The van der Waals surface area contributed by atoms with E-state index in [1.807, 2.05) is 23.6 Å². The quantitative estimate of drug-likeness (QED) is 0.716. The second-order valence-electron chi connectivity index (χ2n) is 5.59. The molecule has 0 spiro atoms. The number of hydrazone groups is 1. The fourth-order valence-corrected chi connectivity index (χ4v) is 4.02. The molecule has 142 valence electrons. The van der Waals surface area contributed by atoms with Crippen LogP contribution in [-0.2, 0) is 11.2 Å². The third-order valence-electron chi connectivity index (χ3n) is 3.93. The van der Waals surface area contributed by atoms with Crippen LogP contribution < -0.4 is 14.9 Å². The Balaban J connectivity index is 1.64. The van der Waals surface area contributed by atoms with Gasteiger partial charge >= 0.3 is 0 Å². The van der Waals surface area contributed by atoms with Gasteiger partial charge in [-0.25, -0.2) is 5.43 Å². The van der Waals surface area contributed by atoms with Crippen molar-refractivity contribution in [2.75, 3.05) is 26.5 Å². The van der Waals surface area contributed by atoms with Crippen molar-refractivity contribution < 1.29 is 19.1 Å². The Morgan fingerprint density at radius 2 is 2.07 bits per heavy atom. The summed E-state index contributed by atoms with van der Waals surface area (Å²) in [6.45, 7) is 0.467. The summed E-state index contributed by atoms with van der Waals surface area (Å²) >= 11 is 2.66. The molecular weight excluding hydrogens is 386 g/mol. The van der Waals surface area contributed by atoms with Crippen molar-refractivity contribution in [2.45, 2.75) is 6.42 Å². The molecule has 2 amide bonds. The van der Waals surface area contributed by atoms with Crippen LogP contribution in [0.15, 0.2) is 40.8 Å². The van der Waals surface area contributed by atoms with Crippen molar-refractivity contribution in [1.29, 1.82) is 0 Å². The third kappa shape index (κ3) is 4.61. The van der Waals surface area contributed by atoms with E-state index in [1.54, 1.807) is 31.3 Å². The number of thioether (sulfide) groups is 1. The first-order valence-corrected chi connectivity index (χ1v) is 10.0. The van der Waals surface area contributed by atoms with Gasteiger partial charge in [-0.3, -0.25) is 14.5 Å². The molecular formula is C18H19N3O4S2. The molecule has 0 atom stereocenters. The predicted octanol–water partition coefficient (Wildman–Crippen LogP) is 2.58. The van der Waals surface area contributed by atoms with Crippen LogP contribution in [0, 0.1) is 0 Å². The average Bonchev–Trinajstić information content (AvgIpc) is 3.34. The maximum atomic E-state index is 12.2. The lowest BCUT2D eigenvalue weighted by Gasteiger charge is -2.16. The molecule has 0 radical (unpaired) electrons. The van der Waals surface area contributed by atoms with E-state index in [1.165, 1.54) is 23.1 Å². The summed E-state index contributed by atoms with van der Waals surface area (Å²) in [7, 11) is 3.17. The van der Waals surface area contributed by atoms with Gasteiger partial charge in [0.1, 0.15) is 0 Å². The van der Waals surface area contributed by atoms with Crippen LogP contribution in [0.2, 0.25) is 0 Å². The Hall–Kier alpha value is -2.52. The number of carbonyl (C=O) groups is 2. The van der Waals surface area contributed by atoms with E-state index in [0.717, 1.165) is 5.56 Å². The van der Waals surface area contributed by atoms with Crippen molar-refractivity contribution in [3.05, 3.63) is 46.2 Å². The maximum Gasteiger partial charge on any atom is 0.281 e. The van der Waals surface area contributed by atoms with E-state index in [4.69, 9.17) is 9.47 Å². The van der Waals surface area contributed by atoms with Gasteiger partial charge in [0, 0.05) is 6.54 Å². The molecule has 1 aromatic carbocycles. The topological polar surface area (TPSA) is 80.2 Å². The highest BCUT2D eigenvalue weighted by molar-refractivity contribution is 8.15. The van der Waals surface area contributed by atoms with Gasteiger partial charge in [-0.15, -0.1) is 16.4 Å². The lowest BCUT2D eigenvalue weighted by atomic mass is 10.1. The second kappa shape index (κ2) is 8.92. The number of methoxy groups -OCH3 is 2. The highest BCUT2D eigenvalue weighted by Gasteiger charge is 2.28. The number of nitrogens with one attached hydrogen (secondary N) is 1. The first-order valence-electron chi connectivity index (χ1n) is 8.18. The van der Waals surface area contributed by atoms with Crippen molar-refractivity contribution in [3.63, 3.8) is 0 Å². The predicted molar refractivity (Wildman–Crippen MR) is 107 cm³/mol. The van der Waals surface area contributed by atoms with Crippen LogP contribution in [-0.4, -0.2) is 48.4 Å². The van der Waals surface area contributed by atoms with Gasteiger partial charge in [-0.2, -0.15) is 0 Å². The zero-order chi connectivity index (χ0) is 19.2. The van der Waals surface area contributed by atoms with E-state index < -0.39 is 0 Å². The van der Waals surface area contributed by atoms with Crippen LogP contribution >= 0.6 is 23.1 Å². The molecule has 2 heterocycles. The molecule has 0 saturated carbocycles. The molecule has 7 nitrogen and oxygen atoms in total. The Morgan fingerprint density at radius 1 is 1.26 bits per heavy atom. The molecule has 0 unspecified atom stereocenters. The first kappa shape index (κ1) is 19.2. The molecule has 1 aliphatic rings. The standard InChI is InChI=1S/C18H19N3O4S2/c1-24-13-6-5-12(10-14(13)25-2)7-8-21-16(22)11-27-18(21)20-19-17(23)15-4-3-9-26-15/h3-6,9-10H,7-8,11H2,1-2H3,(H,19,23)/b20-18+. The highest BCUT2D eigenvalue weighted by atomic mass is 32.2. The van der Waals surface area contributed by atoms with Gasteiger partial charge in [0.15, 0.2) is 16.7 Å². The molecule has 9 heteroatoms. The number of hydrogen-bond acceptors (Lipinski definition) is 7. The molecule has 1 aromatic heterocycles. The highest BCUT2D eigenvalue weighted by Crippen LogP contribution is 2.28. The minimum absolute atomic E-state index is 0.0235. The molecule has 0 bridgehead atoms. The Labute approximate surface area is 165 Å². The first-order chi connectivity index (χ1) is 13.1. The summed E-state index contributed by atoms with van der Waals surface area (Å²) in [5, 5.41) is 6.46. The summed E-state index contributed by atoms with van der Waals surface area (Å²) in [5.41, 5.74) is 3.53. The number of carbonyl (C=O) groups excluding carboxylic acids is 2. The van der Waals surface area contributed by atoms with Crippen molar-refractivity contribution in [1.82, 2.24) is 10.3 Å². The summed E-state index contributed by atoms with van der Waals surface area (Å²) in [5.74, 6) is 1.32. The summed E-state index contributed by atoms with van der Waals surface area (Å²) in [6.07, 6.45) is 0.630. The van der Waals surface area contributed by atoms with E-state index in [9.17, 15) is 9.59 Å². The third-order valence-corrected chi connectivity index (χ3v) is 5.76. The van der Waals surface area contributed by atoms with Gasteiger partial charge in [-0.05, 0) is 35.6 Å². The van der Waals surface area contributed by atoms with E-state index in [0.29, 0.717) is 40.3 Å². The monoisotopic (exact) mass is 405 g/mol. The maximum absolute atomic E-state index is 12.2. The lowest BCUT2D eigenvalue weighted by molar-refractivity contribution is -0.124. The summed E-state index contributed by atoms with van der Waals surface area (Å²) in [6, 6.07) is 9.19. The zero-order valence-corrected chi connectivity index (χ0v) is 16.6. The SMILES string of the molecule is COc1ccc(CCN2C(=O)CS/C2=N/NC(=O)c2cccs2)cc1OC. The molecule has 1 aliphatic heterocycles. The number of rotatable bonds is 7. The number of thiophene rings is 1. The van der Waals surface area contributed by atoms with E-state index >= 15 is 0 Å². The van der Waals surface area contributed by atoms with Gasteiger partial charge in [0.25, 0.3) is 5.91 Å². The number of benzene rings is 1. The molecule has 1 N–H and O–H groups in total. The van der Waals surface area contributed by atoms with E-state index in [2.05, 4.69) is 10.5 Å². The summed E-state index contributed by atoms with van der Waals surface area (Å²) in [4.78, 5) is 26.4.